The second-order valence-corrected chi connectivity index (χ2v) is 7.85. The van der Waals surface area contributed by atoms with Crippen LogP contribution in [0.4, 0.5) is 0 Å². The van der Waals surface area contributed by atoms with Gasteiger partial charge in [-0.25, -0.2) is 0 Å². The number of carbonyl (C=O) groups excluding carboxylic acids is 1. The van der Waals surface area contributed by atoms with Crippen LogP contribution in [0.2, 0.25) is 0 Å². The summed E-state index contributed by atoms with van der Waals surface area (Å²) in [5.74, 6) is 0.176. The van der Waals surface area contributed by atoms with Gasteiger partial charge in [0.25, 0.3) is 0 Å². The van der Waals surface area contributed by atoms with E-state index in [9.17, 15) is 4.79 Å². The number of likely N-dealkylation sites (tertiary alicyclic amines) is 1. The van der Waals surface area contributed by atoms with Crippen LogP contribution < -0.4 is 0 Å². The average Bonchev–Trinajstić information content (AvgIpc) is 2.89. The van der Waals surface area contributed by atoms with Gasteiger partial charge in [0.15, 0.2) is 0 Å². The van der Waals surface area contributed by atoms with Gasteiger partial charge in [0.05, 0.1) is 5.69 Å². The molecule has 1 fully saturated rings. The van der Waals surface area contributed by atoms with Crippen LogP contribution in [-0.4, -0.2) is 28.9 Å². The summed E-state index contributed by atoms with van der Waals surface area (Å²) < 4.78 is 0. The molecule has 1 amide bonds. The van der Waals surface area contributed by atoms with Crippen LogP contribution >= 0.6 is 0 Å². The standard InChI is InChI=1S/C25H24N2O/c1-17(28)27-13-10-18(11-14-27)24-23-16-21-6-3-2-5-20(21)15-22(23)9-8-19-7-4-12-26-25(19)24/h2-7,12,15-16H,8-11,13-14H2,1H3. The van der Waals surface area contributed by atoms with Crippen LogP contribution in [-0.2, 0) is 17.6 Å². The summed E-state index contributed by atoms with van der Waals surface area (Å²) in [7, 11) is 0. The van der Waals surface area contributed by atoms with Gasteiger partial charge >= 0.3 is 0 Å². The maximum atomic E-state index is 11.8. The van der Waals surface area contributed by atoms with Crippen LogP contribution in [0.5, 0.6) is 0 Å². The minimum absolute atomic E-state index is 0.176. The number of amides is 1. The molecule has 0 unspecified atom stereocenters. The van der Waals surface area contributed by atoms with E-state index in [1.54, 1.807) is 6.92 Å². The fourth-order valence-corrected chi connectivity index (χ4v) is 4.69. The van der Waals surface area contributed by atoms with E-state index >= 15 is 0 Å². The van der Waals surface area contributed by atoms with E-state index in [0.717, 1.165) is 44.5 Å². The molecule has 140 valence electrons. The monoisotopic (exact) mass is 368 g/mol. The molecular weight excluding hydrogens is 344 g/mol. The highest BCUT2D eigenvalue weighted by atomic mass is 16.2. The fourth-order valence-electron chi connectivity index (χ4n) is 4.69. The highest BCUT2D eigenvalue weighted by Crippen LogP contribution is 2.39. The smallest absolute Gasteiger partial charge is 0.219 e. The Balaban J connectivity index is 1.72. The van der Waals surface area contributed by atoms with E-state index < -0.39 is 0 Å². The van der Waals surface area contributed by atoms with Crippen molar-refractivity contribution in [2.75, 3.05) is 13.1 Å². The second-order valence-electron chi connectivity index (χ2n) is 7.85. The molecule has 0 spiro atoms. The number of hydrogen-bond acceptors (Lipinski definition) is 2. The van der Waals surface area contributed by atoms with Gasteiger partial charge in [-0.1, -0.05) is 42.0 Å². The van der Waals surface area contributed by atoms with Gasteiger partial charge in [-0.15, -0.1) is 0 Å². The Morgan fingerprint density at radius 3 is 2.36 bits per heavy atom. The summed E-state index contributed by atoms with van der Waals surface area (Å²) >= 11 is 0. The molecule has 0 radical (unpaired) electrons. The largest absolute Gasteiger partial charge is 0.342 e. The van der Waals surface area contributed by atoms with E-state index in [2.05, 4.69) is 42.5 Å². The number of carbonyl (C=O) groups is 1. The van der Waals surface area contributed by atoms with Crippen LogP contribution in [0.15, 0.2) is 60.3 Å². The maximum absolute atomic E-state index is 11.8. The third kappa shape index (κ3) is 2.91. The van der Waals surface area contributed by atoms with Crippen molar-refractivity contribution in [2.45, 2.75) is 32.6 Å². The predicted octanol–water partition coefficient (Wildman–Crippen LogP) is 4.78. The van der Waals surface area contributed by atoms with Crippen molar-refractivity contribution < 1.29 is 4.79 Å². The lowest BCUT2D eigenvalue weighted by Gasteiger charge is -2.29. The number of hydrogen-bond donors (Lipinski definition) is 0. The summed E-state index contributed by atoms with van der Waals surface area (Å²) in [4.78, 5) is 18.6. The number of pyridine rings is 1. The van der Waals surface area contributed by atoms with Gasteiger partial charge in [0.2, 0.25) is 5.91 Å². The summed E-state index contributed by atoms with van der Waals surface area (Å²) in [6, 6.07) is 17.6. The number of benzene rings is 2. The van der Waals surface area contributed by atoms with Crippen molar-refractivity contribution >= 4 is 22.3 Å². The number of rotatable bonds is 0. The topological polar surface area (TPSA) is 33.2 Å². The molecule has 28 heavy (non-hydrogen) atoms. The van der Waals surface area contributed by atoms with E-state index in [4.69, 9.17) is 4.98 Å². The lowest BCUT2D eigenvalue weighted by molar-refractivity contribution is -0.129. The molecule has 3 aromatic rings. The Hall–Kier alpha value is -2.94. The minimum Gasteiger partial charge on any atom is -0.342 e. The Morgan fingerprint density at radius 2 is 1.61 bits per heavy atom. The zero-order valence-corrected chi connectivity index (χ0v) is 16.2. The molecule has 1 aromatic heterocycles. The molecule has 1 aliphatic heterocycles. The van der Waals surface area contributed by atoms with Gasteiger partial charge in [0.1, 0.15) is 0 Å². The quantitative estimate of drug-likeness (QED) is 0.572. The number of piperidine rings is 1. The number of nitrogens with zero attached hydrogens (tertiary/aromatic N) is 2. The molecule has 5 rings (SSSR count). The average molecular weight is 368 g/mol. The van der Waals surface area contributed by atoms with Gasteiger partial charge < -0.3 is 4.90 Å². The normalized spacial score (nSPS) is 16.5. The van der Waals surface area contributed by atoms with Gasteiger partial charge in [0, 0.05) is 31.8 Å². The molecule has 2 aliphatic rings. The first-order valence-electron chi connectivity index (χ1n) is 10.1. The Labute approximate surface area is 165 Å². The van der Waals surface area contributed by atoms with Crippen molar-refractivity contribution in [1.29, 1.82) is 0 Å². The number of aryl methyl sites for hydroxylation is 2. The molecule has 0 bridgehead atoms. The fraction of sp³-hybridized carbons (Fsp3) is 0.280. The summed E-state index contributed by atoms with van der Waals surface area (Å²) in [5.41, 5.74) is 7.98. The molecule has 2 heterocycles. The first-order valence-corrected chi connectivity index (χ1v) is 10.1. The lowest BCUT2D eigenvalue weighted by atomic mass is 9.87. The zero-order chi connectivity index (χ0) is 19.1. The molecule has 1 aliphatic carbocycles. The number of fused-ring (bicyclic) bond motifs is 3. The molecule has 3 nitrogen and oxygen atoms in total. The SMILES string of the molecule is CC(=O)N1CCC(=C2c3cc4ccccc4cc3CCc3cccnc32)CC1. The summed E-state index contributed by atoms with van der Waals surface area (Å²) in [6.07, 6.45) is 5.82. The minimum atomic E-state index is 0.176. The third-order valence-corrected chi connectivity index (χ3v) is 6.20. The second kappa shape index (κ2) is 6.90. The van der Waals surface area contributed by atoms with Crippen LogP contribution in [0.1, 0.15) is 42.1 Å². The third-order valence-electron chi connectivity index (χ3n) is 6.20. The van der Waals surface area contributed by atoms with Crippen LogP contribution in [0, 0.1) is 0 Å². The predicted molar refractivity (Wildman–Crippen MR) is 113 cm³/mol. The molecule has 0 atom stereocenters. The molecule has 0 N–H and O–H groups in total. The summed E-state index contributed by atoms with van der Waals surface area (Å²) in [5, 5.41) is 2.58. The van der Waals surface area contributed by atoms with Crippen LogP contribution in [0.25, 0.3) is 16.3 Å². The van der Waals surface area contributed by atoms with E-state index in [1.165, 1.54) is 38.6 Å². The van der Waals surface area contributed by atoms with Crippen molar-refractivity contribution in [3.63, 3.8) is 0 Å². The van der Waals surface area contributed by atoms with Crippen molar-refractivity contribution in [3.8, 4) is 0 Å². The lowest BCUT2D eigenvalue weighted by Crippen LogP contribution is -2.34. The molecule has 0 saturated carbocycles. The number of aromatic nitrogens is 1. The highest BCUT2D eigenvalue weighted by Gasteiger charge is 2.25. The molecule has 2 aromatic carbocycles. The van der Waals surface area contributed by atoms with Crippen molar-refractivity contribution in [3.05, 3.63) is 82.7 Å². The molecule has 3 heteroatoms. The zero-order valence-electron chi connectivity index (χ0n) is 16.2. The van der Waals surface area contributed by atoms with Gasteiger partial charge in [-0.2, -0.15) is 0 Å². The first kappa shape index (κ1) is 17.2. The maximum Gasteiger partial charge on any atom is 0.219 e. The Kier molecular flexibility index (Phi) is 4.23. The first-order chi connectivity index (χ1) is 13.7. The van der Waals surface area contributed by atoms with E-state index in [1.807, 2.05) is 17.2 Å². The van der Waals surface area contributed by atoms with Gasteiger partial charge in [-0.3, -0.25) is 9.78 Å². The van der Waals surface area contributed by atoms with Crippen molar-refractivity contribution in [1.82, 2.24) is 9.88 Å². The molecular formula is C25H24N2O. The molecule has 1 saturated heterocycles. The van der Waals surface area contributed by atoms with Crippen LogP contribution in [0.3, 0.4) is 0 Å². The van der Waals surface area contributed by atoms with Crippen molar-refractivity contribution in [2.24, 2.45) is 0 Å². The highest BCUT2D eigenvalue weighted by molar-refractivity contribution is 5.92. The Bertz CT molecular complexity index is 1100. The Morgan fingerprint density at radius 1 is 0.893 bits per heavy atom. The van der Waals surface area contributed by atoms with E-state index in [-0.39, 0.29) is 5.91 Å². The van der Waals surface area contributed by atoms with E-state index in [0.29, 0.717) is 0 Å². The van der Waals surface area contributed by atoms with Gasteiger partial charge in [-0.05, 0) is 65.3 Å². The summed E-state index contributed by atoms with van der Waals surface area (Å²) in [6.45, 7) is 3.28.